The van der Waals surface area contributed by atoms with Gasteiger partial charge in [0.15, 0.2) is 5.78 Å². The van der Waals surface area contributed by atoms with Crippen LogP contribution in [0, 0.1) is 18.6 Å². The largest absolute Gasteiger partial charge is 0.383 e. The van der Waals surface area contributed by atoms with Crippen molar-refractivity contribution in [3.63, 3.8) is 0 Å². The summed E-state index contributed by atoms with van der Waals surface area (Å²) in [6.45, 7) is 5.70. The number of carbonyl (C=O) groups is 2. The van der Waals surface area contributed by atoms with E-state index >= 15 is 0 Å². The molecule has 8 nitrogen and oxygen atoms in total. The average molecular weight is 464 g/mol. The van der Waals surface area contributed by atoms with E-state index in [2.05, 4.69) is 20.6 Å². The molecule has 0 saturated carbocycles. The summed E-state index contributed by atoms with van der Waals surface area (Å²) in [4.78, 5) is 34.2. The zero-order chi connectivity index (χ0) is 24.6. The number of amides is 2. The van der Waals surface area contributed by atoms with Crippen molar-refractivity contribution in [1.29, 1.82) is 0 Å². The lowest BCUT2D eigenvalue weighted by Crippen LogP contribution is -2.20. The van der Waals surface area contributed by atoms with Crippen LogP contribution in [0.25, 0.3) is 11.0 Å². The highest BCUT2D eigenvalue weighted by atomic mass is 19.1. The Labute approximate surface area is 193 Å². The number of rotatable bonds is 5. The van der Waals surface area contributed by atoms with Gasteiger partial charge in [-0.2, -0.15) is 0 Å². The SMILES string of the molecule is Cc1ccc(NC(=O)Nc2ccc(F)cc2F)cc1C(=O)c1cn(C(C)C)c2ncnc(N)c12. The molecule has 0 aliphatic heterocycles. The van der Waals surface area contributed by atoms with Crippen LogP contribution in [0.4, 0.5) is 30.8 Å². The highest BCUT2D eigenvalue weighted by molar-refractivity contribution is 6.19. The standard InChI is InChI=1S/C24H22F2N6O2/c1-12(2)32-10-17(20-22(27)28-11-29-23(20)32)21(33)16-9-15(6-4-13(16)3)30-24(34)31-19-7-5-14(25)8-18(19)26/h4-12H,1-3H3,(H2,27,28,29)(H2,30,31,34). The lowest BCUT2D eigenvalue weighted by Gasteiger charge is -2.11. The lowest BCUT2D eigenvalue weighted by atomic mass is 9.98. The van der Waals surface area contributed by atoms with Gasteiger partial charge in [-0.1, -0.05) is 6.07 Å². The number of nitrogens with one attached hydrogen (secondary N) is 2. The number of aromatic nitrogens is 3. The molecule has 4 N–H and O–H groups in total. The van der Waals surface area contributed by atoms with Crippen molar-refractivity contribution in [2.45, 2.75) is 26.8 Å². The van der Waals surface area contributed by atoms with E-state index in [0.717, 1.165) is 12.1 Å². The minimum Gasteiger partial charge on any atom is -0.383 e. The predicted octanol–water partition coefficient (Wildman–Crippen LogP) is 5.06. The Kier molecular flexibility index (Phi) is 5.97. The Morgan fingerprint density at radius 1 is 1.03 bits per heavy atom. The van der Waals surface area contributed by atoms with Gasteiger partial charge in [0.05, 0.1) is 16.6 Å². The van der Waals surface area contributed by atoms with E-state index in [1.165, 1.54) is 12.4 Å². The minimum absolute atomic E-state index is 0.0306. The van der Waals surface area contributed by atoms with Crippen molar-refractivity contribution in [1.82, 2.24) is 14.5 Å². The summed E-state index contributed by atoms with van der Waals surface area (Å²) >= 11 is 0. The molecule has 2 amide bonds. The molecular formula is C24H22F2N6O2. The zero-order valence-electron chi connectivity index (χ0n) is 18.7. The molecule has 2 heterocycles. The predicted molar refractivity (Wildman–Crippen MR) is 126 cm³/mol. The first-order chi connectivity index (χ1) is 16.2. The van der Waals surface area contributed by atoms with Gasteiger partial charge in [-0.25, -0.2) is 23.5 Å². The van der Waals surface area contributed by atoms with Gasteiger partial charge in [-0.3, -0.25) is 4.79 Å². The second-order valence-electron chi connectivity index (χ2n) is 8.06. The summed E-state index contributed by atoms with van der Waals surface area (Å²) in [6.07, 6.45) is 3.05. The molecule has 0 bridgehead atoms. The number of benzene rings is 2. The van der Waals surface area contributed by atoms with Gasteiger partial charge in [-0.05, 0) is 50.6 Å². The van der Waals surface area contributed by atoms with E-state index in [-0.39, 0.29) is 23.3 Å². The summed E-state index contributed by atoms with van der Waals surface area (Å²) in [5, 5.41) is 5.34. The van der Waals surface area contributed by atoms with Gasteiger partial charge < -0.3 is 20.9 Å². The molecule has 0 saturated heterocycles. The Balaban J connectivity index is 1.65. The normalized spacial score (nSPS) is 11.1. The minimum atomic E-state index is -0.906. The van der Waals surface area contributed by atoms with E-state index in [4.69, 9.17) is 5.73 Å². The van der Waals surface area contributed by atoms with Gasteiger partial charge in [0.2, 0.25) is 0 Å². The van der Waals surface area contributed by atoms with Crippen LogP contribution in [0.1, 0.15) is 41.4 Å². The Morgan fingerprint density at radius 2 is 1.79 bits per heavy atom. The number of anilines is 3. The van der Waals surface area contributed by atoms with Gasteiger partial charge >= 0.3 is 6.03 Å². The van der Waals surface area contributed by atoms with Crippen LogP contribution < -0.4 is 16.4 Å². The molecule has 0 atom stereocenters. The van der Waals surface area contributed by atoms with E-state index < -0.39 is 17.7 Å². The molecule has 2 aromatic carbocycles. The second-order valence-corrected chi connectivity index (χ2v) is 8.06. The molecule has 34 heavy (non-hydrogen) atoms. The van der Waals surface area contributed by atoms with E-state index in [0.29, 0.717) is 39.5 Å². The van der Waals surface area contributed by atoms with Crippen LogP contribution in [0.3, 0.4) is 0 Å². The molecule has 174 valence electrons. The van der Waals surface area contributed by atoms with Crippen molar-refractivity contribution in [3.8, 4) is 0 Å². The first-order valence-corrected chi connectivity index (χ1v) is 10.4. The molecule has 10 heteroatoms. The molecule has 4 aromatic rings. The number of hydrogen-bond donors (Lipinski definition) is 3. The zero-order valence-corrected chi connectivity index (χ0v) is 18.7. The van der Waals surface area contributed by atoms with Gasteiger partial charge in [-0.15, -0.1) is 0 Å². The van der Waals surface area contributed by atoms with Crippen LogP contribution in [-0.4, -0.2) is 26.3 Å². The van der Waals surface area contributed by atoms with E-state index in [9.17, 15) is 18.4 Å². The summed E-state index contributed by atoms with van der Waals surface area (Å²) < 4.78 is 28.8. The van der Waals surface area contributed by atoms with Gasteiger partial charge in [0.25, 0.3) is 0 Å². The Hall–Kier alpha value is -4.34. The quantitative estimate of drug-likeness (QED) is 0.357. The molecule has 0 spiro atoms. The summed E-state index contributed by atoms with van der Waals surface area (Å²) in [5.41, 5.74) is 8.14. The summed E-state index contributed by atoms with van der Waals surface area (Å²) in [6, 6.07) is 6.92. The van der Waals surface area contributed by atoms with Gasteiger partial charge in [0.1, 0.15) is 29.4 Å². The number of nitrogen functional groups attached to an aromatic ring is 1. The fraction of sp³-hybridized carbons (Fsp3) is 0.167. The van der Waals surface area contributed by atoms with Crippen molar-refractivity contribution >= 4 is 40.0 Å². The second kappa shape index (κ2) is 8.89. The maximum Gasteiger partial charge on any atom is 0.323 e. The molecule has 2 aromatic heterocycles. The Morgan fingerprint density at radius 3 is 2.50 bits per heavy atom. The number of halogens is 2. The highest BCUT2D eigenvalue weighted by Gasteiger charge is 2.23. The number of aryl methyl sites for hydroxylation is 1. The monoisotopic (exact) mass is 464 g/mol. The molecule has 0 aliphatic carbocycles. The van der Waals surface area contributed by atoms with Crippen LogP contribution in [-0.2, 0) is 0 Å². The third-order valence-electron chi connectivity index (χ3n) is 5.36. The smallest absolute Gasteiger partial charge is 0.323 e. The molecule has 0 radical (unpaired) electrons. The first kappa shape index (κ1) is 22.8. The average Bonchev–Trinajstić information content (AvgIpc) is 3.18. The maximum atomic E-state index is 13.8. The number of carbonyl (C=O) groups excluding carboxylic acids is 2. The maximum absolute atomic E-state index is 13.8. The summed E-state index contributed by atoms with van der Waals surface area (Å²) in [5.74, 6) is -1.77. The van der Waals surface area contributed by atoms with Crippen molar-refractivity contribution in [2.24, 2.45) is 0 Å². The van der Waals surface area contributed by atoms with Crippen molar-refractivity contribution in [2.75, 3.05) is 16.4 Å². The molecule has 0 fully saturated rings. The number of nitrogens with zero attached hydrogens (tertiary/aromatic N) is 3. The van der Waals surface area contributed by atoms with Gasteiger partial charge in [0, 0.05) is 29.6 Å². The first-order valence-electron chi connectivity index (χ1n) is 10.4. The number of urea groups is 1. The number of ketones is 1. The fourth-order valence-corrected chi connectivity index (χ4v) is 3.64. The fourth-order valence-electron chi connectivity index (χ4n) is 3.64. The molecule has 4 rings (SSSR count). The van der Waals surface area contributed by atoms with Crippen LogP contribution in [0.2, 0.25) is 0 Å². The Bertz CT molecular complexity index is 1430. The number of hydrogen-bond acceptors (Lipinski definition) is 5. The molecular weight excluding hydrogens is 442 g/mol. The topological polar surface area (TPSA) is 115 Å². The number of fused-ring (bicyclic) bond motifs is 1. The number of nitrogens with two attached hydrogens (primary N) is 1. The van der Waals surface area contributed by atoms with Crippen LogP contribution in [0.5, 0.6) is 0 Å². The van der Waals surface area contributed by atoms with Crippen LogP contribution in [0.15, 0.2) is 48.9 Å². The lowest BCUT2D eigenvalue weighted by molar-refractivity contribution is 0.103. The highest BCUT2D eigenvalue weighted by Crippen LogP contribution is 2.30. The van der Waals surface area contributed by atoms with Crippen molar-refractivity contribution < 1.29 is 18.4 Å². The van der Waals surface area contributed by atoms with E-state index in [1.807, 2.05) is 18.4 Å². The van der Waals surface area contributed by atoms with Crippen LogP contribution >= 0.6 is 0 Å². The van der Waals surface area contributed by atoms with E-state index in [1.54, 1.807) is 25.3 Å². The summed E-state index contributed by atoms with van der Waals surface area (Å²) in [7, 11) is 0. The third-order valence-corrected chi connectivity index (χ3v) is 5.36. The molecule has 0 unspecified atom stereocenters. The molecule has 0 aliphatic rings. The third kappa shape index (κ3) is 4.29. The van der Waals surface area contributed by atoms with Crippen molar-refractivity contribution in [3.05, 3.63) is 77.2 Å².